The molecule has 0 saturated carbocycles. The van der Waals surface area contributed by atoms with Crippen LogP contribution in [0.5, 0.6) is 0 Å². The number of aliphatic carboxylic acids is 1. The van der Waals surface area contributed by atoms with E-state index in [4.69, 9.17) is 0 Å². The topological polar surface area (TPSA) is 107 Å². The minimum absolute atomic E-state index is 0.0167. The van der Waals surface area contributed by atoms with E-state index in [1.54, 1.807) is 4.90 Å². The Balaban J connectivity index is 1.90. The van der Waals surface area contributed by atoms with Crippen molar-refractivity contribution in [1.82, 2.24) is 0 Å². The van der Waals surface area contributed by atoms with Gasteiger partial charge in [-0.05, 0) is 30.0 Å². The number of carbonyl (C=O) groups excluding carboxylic acids is 2. The van der Waals surface area contributed by atoms with Crippen LogP contribution < -0.4 is 10.0 Å². The van der Waals surface area contributed by atoms with Gasteiger partial charge in [0.1, 0.15) is 0 Å². The van der Waals surface area contributed by atoms with Gasteiger partial charge in [-0.15, -0.1) is 0 Å². The fraction of sp³-hybridized carbons (Fsp3) is 0.500. The number of carboxylic acid groups (broad SMARTS) is 1. The van der Waals surface area contributed by atoms with E-state index in [1.807, 2.05) is 24.3 Å². The van der Waals surface area contributed by atoms with Crippen molar-refractivity contribution in [3.63, 3.8) is 0 Å². The summed E-state index contributed by atoms with van der Waals surface area (Å²) in [6.07, 6.45) is -0.620. The van der Waals surface area contributed by atoms with Crippen LogP contribution in [0.3, 0.4) is 0 Å². The third-order valence-electron chi connectivity index (χ3n) is 4.67. The summed E-state index contributed by atoms with van der Waals surface area (Å²) < 4.78 is 24.1. The molecule has 0 radical (unpaired) electrons. The smallest absolute Gasteiger partial charge is 0.248 e. The quantitative estimate of drug-likeness (QED) is 0.712. The summed E-state index contributed by atoms with van der Waals surface area (Å²) in [4.78, 5) is 28.5. The Morgan fingerprint density at radius 3 is 2.48 bits per heavy atom. The number of nitrogens with zero attached hydrogens (tertiary/aromatic N) is 2. The Kier molecular flexibility index (Phi) is 5.62. The van der Waals surface area contributed by atoms with Crippen molar-refractivity contribution in [3.8, 4) is 0 Å². The number of rotatable bonds is 5. The zero-order valence-corrected chi connectivity index (χ0v) is 16.8. The largest absolute Gasteiger partial charge is 0.550 e. The van der Waals surface area contributed by atoms with Gasteiger partial charge in [0.05, 0.1) is 17.5 Å². The molecule has 0 N–H and O–H groups in total. The van der Waals surface area contributed by atoms with Gasteiger partial charge in [0.15, 0.2) is 15.0 Å². The molecule has 9 heteroatoms. The number of amides is 1. The van der Waals surface area contributed by atoms with Gasteiger partial charge >= 0.3 is 0 Å². The summed E-state index contributed by atoms with van der Waals surface area (Å²) in [5.74, 6) is -1.41. The van der Waals surface area contributed by atoms with Crippen molar-refractivity contribution in [2.24, 2.45) is 4.99 Å². The van der Waals surface area contributed by atoms with E-state index in [-0.39, 0.29) is 35.6 Å². The summed E-state index contributed by atoms with van der Waals surface area (Å²) >= 11 is 1.27. The standard InChI is InChI=1S/C18H22N2O5S2/c1-11(2)12-3-5-13(6-4-12)20-14-9-27(24,25)10-15(14)26-18(20)19-16(21)7-8-17(22)23/h3-6,11,14-15H,7-10H2,1-2H3,(H,22,23)/p-1/t14-,15-/m0/s1. The van der Waals surface area contributed by atoms with Gasteiger partial charge in [0.2, 0.25) is 5.91 Å². The van der Waals surface area contributed by atoms with Crippen LogP contribution in [0, 0.1) is 0 Å². The Bertz CT molecular complexity index is 878. The number of anilines is 1. The number of fused-ring (bicyclic) bond motifs is 1. The highest BCUT2D eigenvalue weighted by atomic mass is 32.2. The fourth-order valence-electron chi connectivity index (χ4n) is 3.26. The van der Waals surface area contributed by atoms with E-state index < -0.39 is 21.7 Å². The maximum Gasteiger partial charge on any atom is 0.248 e. The number of carboxylic acids is 1. The molecule has 0 aromatic heterocycles. The Labute approximate surface area is 162 Å². The molecule has 0 bridgehead atoms. The van der Waals surface area contributed by atoms with E-state index in [1.165, 1.54) is 11.8 Å². The van der Waals surface area contributed by atoms with E-state index in [2.05, 4.69) is 18.8 Å². The second-order valence-electron chi connectivity index (χ2n) is 7.08. The highest BCUT2D eigenvalue weighted by Gasteiger charge is 2.49. The molecular formula is C18H21N2O5S2-. The molecule has 146 valence electrons. The molecule has 0 unspecified atom stereocenters. The molecule has 2 saturated heterocycles. The Morgan fingerprint density at radius 1 is 1.22 bits per heavy atom. The van der Waals surface area contributed by atoms with Gasteiger partial charge < -0.3 is 14.8 Å². The number of hydrogen-bond donors (Lipinski definition) is 0. The van der Waals surface area contributed by atoms with E-state index in [9.17, 15) is 23.1 Å². The first-order chi connectivity index (χ1) is 12.7. The zero-order chi connectivity index (χ0) is 19.8. The Hall–Kier alpha value is -1.87. The van der Waals surface area contributed by atoms with Crippen molar-refractivity contribution in [1.29, 1.82) is 0 Å². The van der Waals surface area contributed by atoms with Crippen LogP contribution in [-0.2, 0) is 19.4 Å². The molecule has 2 aliphatic rings. The molecule has 0 aliphatic carbocycles. The van der Waals surface area contributed by atoms with Crippen molar-refractivity contribution in [3.05, 3.63) is 29.8 Å². The van der Waals surface area contributed by atoms with Crippen molar-refractivity contribution >= 4 is 44.3 Å². The molecule has 0 spiro atoms. The van der Waals surface area contributed by atoms with E-state index in [0.717, 1.165) is 11.3 Å². The third-order valence-corrected chi connectivity index (χ3v) is 7.88. The Morgan fingerprint density at radius 2 is 1.89 bits per heavy atom. The van der Waals surface area contributed by atoms with Crippen LogP contribution >= 0.6 is 11.8 Å². The van der Waals surface area contributed by atoms with Crippen LogP contribution in [0.25, 0.3) is 0 Å². The van der Waals surface area contributed by atoms with Crippen LogP contribution in [0.4, 0.5) is 5.69 Å². The molecule has 1 aromatic carbocycles. The first-order valence-corrected chi connectivity index (χ1v) is 11.4. The van der Waals surface area contributed by atoms with Crippen LogP contribution in [-0.4, -0.2) is 48.3 Å². The lowest BCUT2D eigenvalue weighted by molar-refractivity contribution is -0.305. The monoisotopic (exact) mass is 409 g/mol. The zero-order valence-electron chi connectivity index (χ0n) is 15.1. The average Bonchev–Trinajstić information content (AvgIpc) is 3.03. The van der Waals surface area contributed by atoms with Crippen LogP contribution in [0.15, 0.2) is 29.3 Å². The molecule has 2 atom stereocenters. The van der Waals surface area contributed by atoms with Crippen LogP contribution in [0.2, 0.25) is 0 Å². The first kappa shape index (κ1) is 19.9. The molecule has 7 nitrogen and oxygen atoms in total. The van der Waals surface area contributed by atoms with Gasteiger partial charge in [-0.1, -0.05) is 37.7 Å². The molecule has 27 heavy (non-hydrogen) atoms. The van der Waals surface area contributed by atoms with Gasteiger partial charge in [-0.2, -0.15) is 4.99 Å². The van der Waals surface area contributed by atoms with Gasteiger partial charge in [0.25, 0.3) is 0 Å². The summed E-state index contributed by atoms with van der Waals surface area (Å²) in [7, 11) is -3.13. The summed E-state index contributed by atoms with van der Waals surface area (Å²) in [5, 5.41) is 10.8. The van der Waals surface area contributed by atoms with Gasteiger partial charge in [-0.25, -0.2) is 8.42 Å². The van der Waals surface area contributed by atoms with Crippen LogP contribution in [0.1, 0.15) is 38.2 Å². The minimum Gasteiger partial charge on any atom is -0.550 e. The molecule has 3 rings (SSSR count). The predicted octanol–water partition coefficient (Wildman–Crippen LogP) is 0.942. The fourth-order valence-corrected chi connectivity index (χ4v) is 7.19. The molecule has 2 heterocycles. The minimum atomic E-state index is -3.13. The number of aliphatic imine (C=N–C) groups is 1. The van der Waals surface area contributed by atoms with Crippen molar-refractivity contribution in [2.75, 3.05) is 16.4 Å². The highest BCUT2D eigenvalue weighted by Crippen LogP contribution is 2.41. The third kappa shape index (κ3) is 4.52. The molecule has 1 aromatic rings. The maximum absolute atomic E-state index is 12.1. The molecule has 1 amide bonds. The number of thioether (sulfide) groups is 1. The second-order valence-corrected chi connectivity index (χ2v) is 10.4. The van der Waals surface area contributed by atoms with Crippen molar-refractivity contribution < 1.29 is 23.1 Å². The first-order valence-electron chi connectivity index (χ1n) is 8.74. The summed E-state index contributed by atoms with van der Waals surface area (Å²) in [5.41, 5.74) is 1.94. The van der Waals surface area contributed by atoms with Crippen molar-refractivity contribution in [2.45, 2.75) is 43.9 Å². The van der Waals surface area contributed by atoms with E-state index in [0.29, 0.717) is 11.1 Å². The molecular weight excluding hydrogens is 388 g/mol. The second kappa shape index (κ2) is 7.63. The maximum atomic E-state index is 12.1. The number of hydrogen-bond acceptors (Lipinski definition) is 6. The predicted molar refractivity (Wildman–Crippen MR) is 104 cm³/mol. The average molecular weight is 410 g/mol. The van der Waals surface area contributed by atoms with Gasteiger partial charge in [-0.3, -0.25) is 4.79 Å². The van der Waals surface area contributed by atoms with E-state index >= 15 is 0 Å². The summed E-state index contributed by atoms with van der Waals surface area (Å²) in [6.45, 7) is 4.17. The normalized spacial score (nSPS) is 25.1. The summed E-state index contributed by atoms with van der Waals surface area (Å²) in [6, 6.07) is 7.50. The number of sulfone groups is 1. The van der Waals surface area contributed by atoms with Gasteiger partial charge in [0, 0.05) is 23.3 Å². The number of benzene rings is 1. The number of amidine groups is 1. The lowest BCUT2D eigenvalue weighted by Crippen LogP contribution is -2.37. The number of carbonyl (C=O) groups is 2. The highest BCUT2D eigenvalue weighted by molar-refractivity contribution is 8.16. The molecule has 2 aliphatic heterocycles. The SMILES string of the molecule is CC(C)c1ccc(N2C(=NC(=O)CCC(=O)[O-])S[C@H]3CS(=O)(=O)C[C@@H]32)cc1. The molecule has 2 fully saturated rings. The lowest BCUT2D eigenvalue weighted by Gasteiger charge is -2.25. The lowest BCUT2D eigenvalue weighted by atomic mass is 10.0.